The van der Waals surface area contributed by atoms with E-state index in [1.54, 1.807) is 41.5 Å². The molecule has 17 heteroatoms. The van der Waals surface area contributed by atoms with Gasteiger partial charge in [-0.1, -0.05) is 26.8 Å². The number of benzene rings is 1. The number of halogens is 3. The van der Waals surface area contributed by atoms with E-state index in [1.165, 1.54) is 29.3 Å². The Morgan fingerprint density at radius 2 is 1.75 bits per heavy atom. The number of sulfonamides is 1. The predicted molar refractivity (Wildman–Crippen MR) is 183 cm³/mol. The van der Waals surface area contributed by atoms with Gasteiger partial charge in [-0.25, -0.2) is 13.2 Å². The zero-order valence-corrected chi connectivity index (χ0v) is 30.6. The lowest BCUT2D eigenvalue weighted by atomic mass is 9.85. The van der Waals surface area contributed by atoms with Gasteiger partial charge in [0.15, 0.2) is 0 Å². The second-order valence-electron chi connectivity index (χ2n) is 15.6. The van der Waals surface area contributed by atoms with Gasteiger partial charge in [0, 0.05) is 23.9 Å². The molecule has 2 saturated carbocycles. The molecule has 1 aliphatic heterocycles. The summed E-state index contributed by atoms with van der Waals surface area (Å²) >= 11 is 0. The van der Waals surface area contributed by atoms with Crippen molar-refractivity contribution < 1.29 is 50.2 Å². The number of ether oxygens (including phenoxy) is 2. The van der Waals surface area contributed by atoms with Gasteiger partial charge < -0.3 is 25.0 Å². The highest BCUT2D eigenvalue weighted by molar-refractivity contribution is 7.91. The predicted octanol–water partition coefficient (Wildman–Crippen LogP) is 4.21. The second-order valence-corrected chi connectivity index (χ2v) is 17.6. The average molecular weight is 752 g/mol. The first kappa shape index (κ1) is 38.8. The van der Waals surface area contributed by atoms with E-state index in [0.29, 0.717) is 12.8 Å². The van der Waals surface area contributed by atoms with Gasteiger partial charge in [-0.2, -0.15) is 13.2 Å². The fraction of sp³-hybridized carbons (Fsp3) is 0.571. The smallest absolute Gasteiger partial charge is 0.416 e. The number of alkyl carbamates (subject to hydrolysis) is 1. The van der Waals surface area contributed by atoms with Crippen LogP contribution in [-0.4, -0.2) is 83.2 Å². The van der Waals surface area contributed by atoms with Crippen molar-refractivity contribution in [3.05, 3.63) is 48.7 Å². The molecule has 52 heavy (non-hydrogen) atoms. The molecule has 1 unspecified atom stereocenters. The highest BCUT2D eigenvalue weighted by atomic mass is 32.2. The largest absolute Gasteiger partial charge is 0.488 e. The number of fused-ring (bicyclic) bond motifs is 1. The van der Waals surface area contributed by atoms with E-state index in [0.717, 1.165) is 12.1 Å². The topological polar surface area (TPSA) is 173 Å². The minimum atomic E-state index is -4.60. The highest BCUT2D eigenvalue weighted by Gasteiger charge is 2.62. The molecule has 1 aromatic carbocycles. The fourth-order valence-electron chi connectivity index (χ4n) is 6.21. The Balaban J connectivity index is 1.45. The van der Waals surface area contributed by atoms with Crippen LogP contribution in [0.4, 0.5) is 18.0 Å². The van der Waals surface area contributed by atoms with Crippen LogP contribution in [0.1, 0.15) is 72.8 Å². The number of alkyl halides is 3. The third kappa shape index (κ3) is 8.45. The van der Waals surface area contributed by atoms with E-state index >= 15 is 0 Å². The van der Waals surface area contributed by atoms with Crippen LogP contribution in [0.15, 0.2) is 43.1 Å². The summed E-state index contributed by atoms with van der Waals surface area (Å²) in [6.07, 6.45) is -2.86. The molecule has 0 bridgehead atoms. The molecule has 1 aromatic heterocycles. The lowest BCUT2D eigenvalue weighted by Crippen LogP contribution is -2.60. The third-order valence-electron chi connectivity index (χ3n) is 9.20. The van der Waals surface area contributed by atoms with Gasteiger partial charge >= 0.3 is 12.3 Å². The van der Waals surface area contributed by atoms with Gasteiger partial charge in [-0.3, -0.25) is 24.1 Å². The molecule has 13 nitrogen and oxygen atoms in total. The Morgan fingerprint density at radius 1 is 1.08 bits per heavy atom. The first-order valence-corrected chi connectivity index (χ1v) is 18.4. The van der Waals surface area contributed by atoms with Gasteiger partial charge in [-0.15, -0.1) is 6.58 Å². The fourth-order valence-corrected chi connectivity index (χ4v) is 7.58. The average Bonchev–Trinajstić information content (AvgIpc) is 3.94. The zero-order chi connectivity index (χ0) is 38.6. The van der Waals surface area contributed by atoms with E-state index in [-0.39, 0.29) is 36.0 Å². The number of carbonyl (C=O) groups excluding carboxylic acids is 4. The Hall–Kier alpha value is -4.41. The lowest BCUT2D eigenvalue weighted by molar-refractivity contribution is -0.143. The SMILES string of the molecule is C=CC1C[C@]1(NC(=O)[C@@H]1C[C@@H](Oc2ccnc3cc(C(F)(F)F)ccc23)CN1C(=O)[C@@H](NC(=O)OC(C)(C)C)C(C)(C)C)C(=O)NS(=O)(=O)C1CC1. The van der Waals surface area contributed by atoms with Crippen molar-refractivity contribution in [2.75, 3.05) is 6.54 Å². The van der Waals surface area contributed by atoms with Gasteiger partial charge in [0.2, 0.25) is 21.8 Å². The van der Waals surface area contributed by atoms with Crippen molar-refractivity contribution in [3.8, 4) is 5.75 Å². The molecule has 5 atom stereocenters. The van der Waals surface area contributed by atoms with Crippen LogP contribution in [0.3, 0.4) is 0 Å². The van der Waals surface area contributed by atoms with Crippen LogP contribution in [0.5, 0.6) is 5.75 Å². The van der Waals surface area contributed by atoms with E-state index < -0.39 is 91.5 Å². The number of rotatable bonds is 10. The Kier molecular flexibility index (Phi) is 10.1. The molecule has 2 heterocycles. The zero-order valence-electron chi connectivity index (χ0n) is 29.8. The normalized spacial score (nSPS) is 24.1. The number of likely N-dealkylation sites (tertiary alicyclic amines) is 1. The standard InChI is InChI=1S/C35H44F3N5O8S/c1-8-19-17-34(19,30(46)42-52(48,49)22-10-11-22)41-28(44)25-16-21(50-26-13-14-39-24-15-20(35(36,37)38)9-12-23(24)26)18-43(25)29(45)27(32(2,3)4)40-31(47)51-33(5,6)7/h8-9,12-15,19,21-22,25,27H,1,10-11,16-18H2,2-7H3,(H,40,47)(H,41,44)(H,42,46)/t19?,21-,25+,27-,34-/m1/s1. The summed E-state index contributed by atoms with van der Waals surface area (Å²) in [5, 5.41) is 4.89. The van der Waals surface area contributed by atoms with Crippen LogP contribution in [-0.2, 0) is 35.3 Å². The van der Waals surface area contributed by atoms with Gasteiger partial charge in [-0.05, 0) is 69.7 Å². The molecular weight excluding hydrogens is 707 g/mol. The Morgan fingerprint density at radius 3 is 2.31 bits per heavy atom. The Bertz CT molecular complexity index is 1890. The van der Waals surface area contributed by atoms with Gasteiger partial charge in [0.05, 0.1) is 22.9 Å². The molecule has 3 aliphatic rings. The van der Waals surface area contributed by atoms with Crippen LogP contribution in [0, 0.1) is 11.3 Å². The minimum Gasteiger partial charge on any atom is -0.488 e. The summed E-state index contributed by atoms with van der Waals surface area (Å²) in [6.45, 7) is 13.6. The molecular formula is C35H44F3N5O8S. The molecule has 2 aromatic rings. The van der Waals surface area contributed by atoms with Gasteiger partial charge in [0.25, 0.3) is 5.91 Å². The Labute approximate surface area is 300 Å². The maximum Gasteiger partial charge on any atom is 0.416 e. The molecule has 2 aliphatic carbocycles. The van der Waals surface area contributed by atoms with Crippen LogP contribution in [0.25, 0.3) is 10.9 Å². The van der Waals surface area contributed by atoms with Crippen LogP contribution < -0.4 is 20.1 Å². The molecule has 3 N–H and O–H groups in total. The van der Waals surface area contributed by atoms with Crippen LogP contribution >= 0.6 is 0 Å². The van der Waals surface area contributed by atoms with Crippen molar-refractivity contribution in [1.29, 1.82) is 0 Å². The lowest BCUT2D eigenvalue weighted by Gasteiger charge is -2.36. The second kappa shape index (κ2) is 13.5. The molecule has 0 radical (unpaired) electrons. The molecule has 284 valence electrons. The van der Waals surface area contributed by atoms with E-state index in [4.69, 9.17) is 9.47 Å². The quantitative estimate of drug-likeness (QED) is 0.301. The summed E-state index contributed by atoms with van der Waals surface area (Å²) < 4.78 is 79.2. The highest BCUT2D eigenvalue weighted by Crippen LogP contribution is 2.46. The number of nitrogens with one attached hydrogen (secondary N) is 3. The van der Waals surface area contributed by atoms with Crippen molar-refractivity contribution >= 4 is 44.7 Å². The maximum absolute atomic E-state index is 14.4. The number of carbonyl (C=O) groups is 4. The summed E-state index contributed by atoms with van der Waals surface area (Å²) in [4.78, 5) is 60.1. The molecule has 1 saturated heterocycles. The first-order chi connectivity index (χ1) is 23.9. The van der Waals surface area contributed by atoms with Crippen molar-refractivity contribution in [1.82, 2.24) is 25.2 Å². The number of hydrogen-bond acceptors (Lipinski definition) is 9. The monoisotopic (exact) mass is 751 g/mol. The minimum absolute atomic E-state index is 0.0141. The van der Waals surface area contributed by atoms with Crippen molar-refractivity contribution in [2.24, 2.45) is 11.3 Å². The van der Waals surface area contributed by atoms with Crippen molar-refractivity contribution in [3.63, 3.8) is 0 Å². The maximum atomic E-state index is 14.4. The molecule has 4 amide bonds. The molecule has 3 fully saturated rings. The first-order valence-electron chi connectivity index (χ1n) is 16.9. The van der Waals surface area contributed by atoms with Crippen molar-refractivity contribution in [2.45, 2.75) is 108 Å². The number of hydrogen-bond donors (Lipinski definition) is 3. The summed E-state index contributed by atoms with van der Waals surface area (Å²) in [5.74, 6) is -2.79. The molecule has 5 rings (SSSR count). The number of aromatic nitrogens is 1. The molecule has 0 spiro atoms. The summed E-state index contributed by atoms with van der Waals surface area (Å²) in [7, 11) is -3.95. The number of nitrogens with zero attached hydrogens (tertiary/aromatic N) is 2. The van der Waals surface area contributed by atoms with E-state index in [1.807, 2.05) is 0 Å². The number of amides is 4. The summed E-state index contributed by atoms with van der Waals surface area (Å²) in [6, 6.07) is 1.98. The summed E-state index contributed by atoms with van der Waals surface area (Å²) in [5.41, 5.74) is -4.30. The number of pyridine rings is 1. The third-order valence-corrected chi connectivity index (χ3v) is 11.0. The van der Waals surface area contributed by atoms with E-state index in [9.17, 15) is 40.8 Å². The van der Waals surface area contributed by atoms with Gasteiger partial charge in [0.1, 0.15) is 35.1 Å². The van der Waals surface area contributed by atoms with Crippen LogP contribution in [0.2, 0.25) is 0 Å². The van der Waals surface area contributed by atoms with E-state index in [2.05, 4.69) is 26.9 Å².